The predicted molar refractivity (Wildman–Crippen MR) is 99.6 cm³/mol. The fourth-order valence-electron chi connectivity index (χ4n) is 2.58. The first-order valence-electron chi connectivity index (χ1n) is 8.38. The number of carbonyl (C=O) groups is 4. The summed E-state index contributed by atoms with van der Waals surface area (Å²) in [5.74, 6) is -1.61. The largest absolute Gasteiger partial charge is 0.484 e. The van der Waals surface area contributed by atoms with Gasteiger partial charge in [-0.25, -0.2) is 4.79 Å². The average molecular weight is 379 g/mol. The molecule has 2 aromatic rings. The van der Waals surface area contributed by atoms with Crippen LogP contribution in [0.5, 0.6) is 5.75 Å². The summed E-state index contributed by atoms with van der Waals surface area (Å²) in [5, 5.41) is 2.18. The smallest absolute Gasteiger partial charge is 0.331 e. The molecule has 1 saturated heterocycles. The van der Waals surface area contributed by atoms with Crippen LogP contribution >= 0.6 is 0 Å². The van der Waals surface area contributed by atoms with Crippen LogP contribution in [-0.4, -0.2) is 35.3 Å². The van der Waals surface area contributed by atoms with E-state index < -0.39 is 23.8 Å². The lowest BCUT2D eigenvalue weighted by molar-refractivity contribution is -0.130. The number of carbonyl (C=O) groups excluding carboxylic acids is 4. The lowest BCUT2D eigenvalue weighted by Crippen LogP contribution is -2.53. The molecule has 142 valence electrons. The van der Waals surface area contributed by atoms with E-state index in [-0.39, 0.29) is 18.7 Å². The Morgan fingerprint density at radius 2 is 1.71 bits per heavy atom. The van der Waals surface area contributed by atoms with Crippen molar-refractivity contribution in [3.8, 4) is 5.75 Å². The maximum atomic E-state index is 12.7. The average Bonchev–Trinajstić information content (AvgIpc) is 2.68. The zero-order valence-electron chi connectivity index (χ0n) is 14.8. The molecule has 5 amide bonds. The van der Waals surface area contributed by atoms with Crippen LogP contribution in [0.3, 0.4) is 0 Å². The maximum Gasteiger partial charge on any atom is 0.331 e. The lowest BCUT2D eigenvalue weighted by Gasteiger charge is -2.26. The van der Waals surface area contributed by atoms with Crippen LogP contribution in [0.4, 0.5) is 4.79 Å². The van der Waals surface area contributed by atoms with Crippen molar-refractivity contribution in [1.82, 2.24) is 10.2 Å². The van der Waals surface area contributed by atoms with Gasteiger partial charge in [0.05, 0.1) is 6.54 Å². The highest BCUT2D eigenvalue weighted by molar-refractivity contribution is 6.30. The fourth-order valence-corrected chi connectivity index (χ4v) is 2.58. The molecule has 0 atom stereocenters. The van der Waals surface area contributed by atoms with Crippen molar-refractivity contribution >= 4 is 29.8 Å². The van der Waals surface area contributed by atoms with Crippen LogP contribution in [0.15, 0.2) is 60.2 Å². The van der Waals surface area contributed by atoms with Gasteiger partial charge >= 0.3 is 6.03 Å². The molecule has 3 rings (SSSR count). The van der Waals surface area contributed by atoms with E-state index in [0.717, 1.165) is 10.5 Å². The van der Waals surface area contributed by atoms with Gasteiger partial charge in [-0.15, -0.1) is 0 Å². The van der Waals surface area contributed by atoms with Crippen molar-refractivity contribution < 1.29 is 23.9 Å². The minimum absolute atomic E-state index is 0.0516. The Labute approximate surface area is 160 Å². The Hall–Kier alpha value is -3.94. The monoisotopic (exact) mass is 379 g/mol. The first-order chi connectivity index (χ1) is 13.4. The molecule has 1 aliphatic rings. The van der Waals surface area contributed by atoms with Gasteiger partial charge in [0, 0.05) is 0 Å². The van der Waals surface area contributed by atoms with E-state index >= 15 is 0 Å². The van der Waals surface area contributed by atoms with Gasteiger partial charge in [-0.05, 0) is 29.3 Å². The number of nitrogens with two attached hydrogens (primary N) is 1. The third-order valence-corrected chi connectivity index (χ3v) is 3.94. The van der Waals surface area contributed by atoms with Gasteiger partial charge in [-0.1, -0.05) is 42.5 Å². The molecule has 0 radical (unpaired) electrons. The van der Waals surface area contributed by atoms with E-state index in [1.807, 2.05) is 6.07 Å². The number of benzene rings is 2. The summed E-state index contributed by atoms with van der Waals surface area (Å²) < 4.78 is 5.16. The fraction of sp³-hybridized carbons (Fsp3) is 0.100. The number of nitrogens with zero attached hydrogens (tertiary/aromatic N) is 1. The number of hydrogen-bond acceptors (Lipinski definition) is 5. The summed E-state index contributed by atoms with van der Waals surface area (Å²) in [4.78, 5) is 48.6. The van der Waals surface area contributed by atoms with Gasteiger partial charge in [0.2, 0.25) is 0 Å². The summed E-state index contributed by atoms with van der Waals surface area (Å²) in [6.07, 6.45) is 1.39. The molecule has 1 aliphatic heterocycles. The van der Waals surface area contributed by atoms with Crippen molar-refractivity contribution in [2.45, 2.75) is 6.54 Å². The molecule has 28 heavy (non-hydrogen) atoms. The highest BCUT2D eigenvalue weighted by Crippen LogP contribution is 2.19. The van der Waals surface area contributed by atoms with Crippen LogP contribution in [0.25, 0.3) is 6.08 Å². The molecular weight excluding hydrogens is 362 g/mol. The molecule has 1 heterocycles. The lowest BCUT2D eigenvalue weighted by atomic mass is 10.1. The second kappa shape index (κ2) is 8.17. The first-order valence-corrected chi connectivity index (χ1v) is 8.38. The number of rotatable bonds is 6. The molecule has 0 saturated carbocycles. The SMILES string of the molecule is NC(=O)COc1ccc(C=C2C(=O)NC(=O)N(Cc3ccccc3)C2=O)cc1. The van der Waals surface area contributed by atoms with Gasteiger partial charge < -0.3 is 10.5 Å². The van der Waals surface area contributed by atoms with Crippen molar-refractivity contribution in [2.24, 2.45) is 5.73 Å². The number of barbiturate groups is 1. The molecule has 8 heteroatoms. The van der Waals surface area contributed by atoms with Crippen molar-refractivity contribution in [1.29, 1.82) is 0 Å². The second-order valence-electron chi connectivity index (χ2n) is 6.02. The van der Waals surface area contributed by atoms with Gasteiger partial charge in [0.25, 0.3) is 17.7 Å². The van der Waals surface area contributed by atoms with Crippen LogP contribution < -0.4 is 15.8 Å². The van der Waals surface area contributed by atoms with Crippen LogP contribution in [0, 0.1) is 0 Å². The molecule has 0 aromatic heterocycles. The number of nitrogens with one attached hydrogen (secondary N) is 1. The molecule has 2 aromatic carbocycles. The Morgan fingerprint density at radius 1 is 1.04 bits per heavy atom. The molecule has 3 N–H and O–H groups in total. The van der Waals surface area contributed by atoms with E-state index in [1.54, 1.807) is 48.5 Å². The van der Waals surface area contributed by atoms with Crippen molar-refractivity contribution in [2.75, 3.05) is 6.61 Å². The minimum Gasteiger partial charge on any atom is -0.484 e. The van der Waals surface area contributed by atoms with Crippen molar-refractivity contribution in [3.63, 3.8) is 0 Å². The number of imide groups is 2. The molecule has 0 aliphatic carbocycles. The van der Waals surface area contributed by atoms with Gasteiger partial charge in [-0.2, -0.15) is 0 Å². The van der Waals surface area contributed by atoms with Gasteiger partial charge in [-0.3, -0.25) is 24.6 Å². The summed E-state index contributed by atoms with van der Waals surface area (Å²) >= 11 is 0. The summed E-state index contributed by atoms with van der Waals surface area (Å²) in [7, 11) is 0. The molecular formula is C20H17N3O5. The van der Waals surface area contributed by atoms with Crippen LogP contribution in [0.2, 0.25) is 0 Å². The van der Waals surface area contributed by atoms with E-state index in [0.29, 0.717) is 11.3 Å². The number of urea groups is 1. The Bertz CT molecular complexity index is 952. The standard InChI is InChI=1S/C20H17N3O5/c21-17(24)12-28-15-8-6-13(7-9-15)10-16-18(25)22-20(27)23(19(16)26)11-14-4-2-1-3-5-14/h1-10H,11-12H2,(H2,21,24)(H,22,25,27). The second-order valence-corrected chi connectivity index (χ2v) is 6.02. The quantitative estimate of drug-likeness (QED) is 0.578. The summed E-state index contributed by atoms with van der Waals surface area (Å²) in [5.41, 5.74) is 6.18. The van der Waals surface area contributed by atoms with Gasteiger partial charge in [0.1, 0.15) is 11.3 Å². The minimum atomic E-state index is -0.758. The molecule has 0 spiro atoms. The van der Waals surface area contributed by atoms with Crippen LogP contribution in [-0.2, 0) is 20.9 Å². The van der Waals surface area contributed by atoms with Gasteiger partial charge in [0.15, 0.2) is 6.61 Å². The maximum absolute atomic E-state index is 12.7. The number of amides is 5. The normalized spacial score (nSPS) is 15.5. The predicted octanol–water partition coefficient (Wildman–Crippen LogP) is 1.21. The Morgan fingerprint density at radius 3 is 2.36 bits per heavy atom. The molecule has 0 unspecified atom stereocenters. The topological polar surface area (TPSA) is 119 Å². The Balaban J connectivity index is 1.79. The number of hydrogen-bond donors (Lipinski definition) is 2. The molecule has 8 nitrogen and oxygen atoms in total. The van der Waals surface area contributed by atoms with E-state index in [2.05, 4.69) is 5.32 Å². The molecule has 1 fully saturated rings. The van der Waals surface area contributed by atoms with E-state index in [1.165, 1.54) is 6.08 Å². The summed E-state index contributed by atoms with van der Waals surface area (Å²) in [6.45, 7) is -0.200. The zero-order valence-corrected chi connectivity index (χ0v) is 14.8. The summed E-state index contributed by atoms with van der Waals surface area (Å²) in [6, 6.07) is 14.6. The third-order valence-electron chi connectivity index (χ3n) is 3.94. The van der Waals surface area contributed by atoms with E-state index in [4.69, 9.17) is 10.5 Å². The first kappa shape index (κ1) is 18.8. The highest BCUT2D eigenvalue weighted by atomic mass is 16.5. The highest BCUT2D eigenvalue weighted by Gasteiger charge is 2.35. The number of primary amides is 1. The third kappa shape index (κ3) is 4.42. The molecule has 0 bridgehead atoms. The van der Waals surface area contributed by atoms with Crippen molar-refractivity contribution in [3.05, 3.63) is 71.3 Å². The van der Waals surface area contributed by atoms with E-state index in [9.17, 15) is 19.2 Å². The number of ether oxygens (including phenoxy) is 1. The van der Waals surface area contributed by atoms with Crippen LogP contribution in [0.1, 0.15) is 11.1 Å². The zero-order chi connectivity index (χ0) is 20.1. The Kier molecular flexibility index (Phi) is 5.50.